The molecule has 3 rings (SSSR count). The van der Waals surface area contributed by atoms with Crippen LogP contribution < -0.4 is 15.4 Å². The SMILES string of the molecule is CCNC(=NCCCOCC)NC1CC2(CCCC2)Oc2ccccc21.I. The van der Waals surface area contributed by atoms with Gasteiger partial charge in [0.15, 0.2) is 5.96 Å². The first kappa shape index (κ1) is 22.3. The number of rotatable bonds is 7. The summed E-state index contributed by atoms with van der Waals surface area (Å²) in [5.41, 5.74) is 1.24. The molecule has 1 heterocycles. The lowest BCUT2D eigenvalue weighted by atomic mass is 9.86. The van der Waals surface area contributed by atoms with Gasteiger partial charge in [-0.2, -0.15) is 0 Å². The summed E-state index contributed by atoms with van der Waals surface area (Å²) in [5.74, 6) is 1.92. The Kier molecular flexibility index (Phi) is 9.15. The molecule has 152 valence electrons. The summed E-state index contributed by atoms with van der Waals surface area (Å²) < 4.78 is 11.9. The molecule has 0 saturated heterocycles. The van der Waals surface area contributed by atoms with Crippen molar-refractivity contribution < 1.29 is 9.47 Å². The van der Waals surface area contributed by atoms with E-state index in [0.29, 0.717) is 0 Å². The molecule has 1 atom stereocenters. The second-order valence-corrected chi connectivity index (χ2v) is 7.24. The Morgan fingerprint density at radius 2 is 2.04 bits per heavy atom. The Hall–Kier alpha value is -1.02. The molecule has 0 bridgehead atoms. The molecular weight excluding hydrogens is 453 g/mol. The van der Waals surface area contributed by atoms with Gasteiger partial charge in [-0.3, -0.25) is 4.99 Å². The number of ether oxygens (including phenoxy) is 2. The van der Waals surface area contributed by atoms with E-state index in [1.807, 2.05) is 6.92 Å². The van der Waals surface area contributed by atoms with Crippen LogP contribution in [0.3, 0.4) is 0 Å². The van der Waals surface area contributed by atoms with Crippen LogP contribution in [0.25, 0.3) is 0 Å². The molecule has 27 heavy (non-hydrogen) atoms. The lowest BCUT2D eigenvalue weighted by Gasteiger charge is -2.40. The van der Waals surface area contributed by atoms with E-state index < -0.39 is 0 Å². The first-order valence-electron chi connectivity index (χ1n) is 10.2. The van der Waals surface area contributed by atoms with E-state index in [2.05, 4.69) is 41.8 Å². The topological polar surface area (TPSA) is 54.9 Å². The van der Waals surface area contributed by atoms with Gasteiger partial charge < -0.3 is 20.1 Å². The van der Waals surface area contributed by atoms with Crippen molar-refractivity contribution in [3.8, 4) is 5.75 Å². The van der Waals surface area contributed by atoms with Gasteiger partial charge in [0.25, 0.3) is 0 Å². The Morgan fingerprint density at radius 3 is 2.78 bits per heavy atom. The van der Waals surface area contributed by atoms with Crippen LogP contribution in [0.5, 0.6) is 5.75 Å². The number of fused-ring (bicyclic) bond motifs is 1. The van der Waals surface area contributed by atoms with Crippen molar-refractivity contribution in [1.29, 1.82) is 0 Å². The zero-order valence-electron chi connectivity index (χ0n) is 16.6. The molecular formula is C21H34IN3O2. The van der Waals surface area contributed by atoms with Gasteiger partial charge in [0.1, 0.15) is 11.4 Å². The second-order valence-electron chi connectivity index (χ2n) is 7.24. The van der Waals surface area contributed by atoms with Crippen LogP contribution in [0, 0.1) is 0 Å². The largest absolute Gasteiger partial charge is 0.487 e. The minimum absolute atomic E-state index is 0. The molecule has 5 nitrogen and oxygen atoms in total. The number of benzene rings is 1. The van der Waals surface area contributed by atoms with Crippen LogP contribution >= 0.6 is 24.0 Å². The van der Waals surface area contributed by atoms with Crippen molar-refractivity contribution in [2.24, 2.45) is 4.99 Å². The third kappa shape index (κ3) is 5.98. The number of hydrogen-bond acceptors (Lipinski definition) is 3. The maximum atomic E-state index is 6.46. The molecule has 1 aromatic carbocycles. The number of aliphatic imine (C=N–C) groups is 1. The number of hydrogen-bond donors (Lipinski definition) is 2. The zero-order chi connectivity index (χ0) is 18.2. The van der Waals surface area contributed by atoms with Crippen LogP contribution in [-0.2, 0) is 4.74 Å². The summed E-state index contributed by atoms with van der Waals surface area (Å²) in [6, 6.07) is 8.68. The van der Waals surface area contributed by atoms with Crippen molar-refractivity contribution in [2.75, 3.05) is 26.3 Å². The lowest BCUT2D eigenvalue weighted by Crippen LogP contribution is -2.46. The Balaban J connectivity index is 0.00000261. The normalized spacial score (nSPS) is 20.5. The highest BCUT2D eigenvalue weighted by Gasteiger charge is 2.43. The second kappa shape index (κ2) is 11.1. The molecule has 0 radical (unpaired) electrons. The smallest absolute Gasteiger partial charge is 0.191 e. The van der Waals surface area contributed by atoms with Crippen LogP contribution in [-0.4, -0.2) is 37.9 Å². The molecule has 0 aromatic heterocycles. The molecule has 1 aliphatic heterocycles. The van der Waals surface area contributed by atoms with E-state index in [0.717, 1.165) is 63.7 Å². The molecule has 1 saturated carbocycles. The van der Waals surface area contributed by atoms with Gasteiger partial charge in [-0.25, -0.2) is 0 Å². The third-order valence-corrected chi connectivity index (χ3v) is 5.29. The standard InChI is InChI=1S/C21H33N3O2.HI/c1-3-22-20(23-14-9-15-25-4-2)24-18-16-21(12-7-8-13-21)26-19-11-6-5-10-17(18)19;/h5-6,10-11,18H,3-4,7-9,12-16H2,1-2H3,(H2,22,23,24);1H. The van der Waals surface area contributed by atoms with Crippen LogP contribution in [0.4, 0.5) is 0 Å². The van der Waals surface area contributed by atoms with Gasteiger partial charge in [0.05, 0.1) is 6.04 Å². The summed E-state index contributed by atoms with van der Waals surface area (Å²) in [6.45, 7) is 7.29. The molecule has 2 aliphatic rings. The molecule has 2 N–H and O–H groups in total. The highest BCUT2D eigenvalue weighted by atomic mass is 127. The quantitative estimate of drug-likeness (QED) is 0.259. The number of halogens is 1. The van der Waals surface area contributed by atoms with Gasteiger partial charge in [-0.15, -0.1) is 24.0 Å². The molecule has 6 heteroatoms. The van der Waals surface area contributed by atoms with Gasteiger partial charge in [0, 0.05) is 38.3 Å². The molecule has 1 aromatic rings. The van der Waals surface area contributed by atoms with Gasteiger partial charge >= 0.3 is 0 Å². The average Bonchev–Trinajstić information content (AvgIpc) is 3.09. The van der Waals surface area contributed by atoms with E-state index in [1.54, 1.807) is 0 Å². The molecule has 1 unspecified atom stereocenters. The van der Waals surface area contributed by atoms with Crippen molar-refractivity contribution in [2.45, 2.75) is 64.0 Å². The third-order valence-electron chi connectivity index (χ3n) is 5.29. The Bertz CT molecular complexity index is 603. The highest BCUT2D eigenvalue weighted by Crippen LogP contribution is 2.46. The molecule has 1 spiro atoms. The fourth-order valence-electron chi connectivity index (χ4n) is 4.06. The molecule has 1 aliphatic carbocycles. The number of nitrogens with zero attached hydrogens (tertiary/aromatic N) is 1. The van der Waals surface area contributed by atoms with Crippen LogP contribution in [0.15, 0.2) is 29.3 Å². The lowest BCUT2D eigenvalue weighted by molar-refractivity contribution is 0.0396. The maximum absolute atomic E-state index is 6.46. The zero-order valence-corrected chi connectivity index (χ0v) is 19.0. The maximum Gasteiger partial charge on any atom is 0.191 e. The highest BCUT2D eigenvalue weighted by molar-refractivity contribution is 14.0. The fourth-order valence-corrected chi connectivity index (χ4v) is 4.06. The number of para-hydroxylation sites is 1. The Morgan fingerprint density at radius 1 is 1.26 bits per heavy atom. The van der Waals surface area contributed by atoms with Crippen molar-refractivity contribution in [1.82, 2.24) is 10.6 Å². The summed E-state index contributed by atoms with van der Waals surface area (Å²) in [5, 5.41) is 7.06. The summed E-state index contributed by atoms with van der Waals surface area (Å²) in [4.78, 5) is 4.74. The van der Waals surface area contributed by atoms with E-state index in [4.69, 9.17) is 14.5 Å². The van der Waals surface area contributed by atoms with Crippen molar-refractivity contribution in [3.63, 3.8) is 0 Å². The molecule has 0 amide bonds. The van der Waals surface area contributed by atoms with E-state index in [1.165, 1.54) is 18.4 Å². The molecule has 1 fully saturated rings. The summed E-state index contributed by atoms with van der Waals surface area (Å²) in [7, 11) is 0. The first-order chi connectivity index (χ1) is 12.8. The van der Waals surface area contributed by atoms with Gasteiger partial charge in [-0.05, 0) is 52.0 Å². The number of nitrogens with one attached hydrogen (secondary N) is 2. The van der Waals surface area contributed by atoms with Crippen molar-refractivity contribution >= 4 is 29.9 Å². The number of guanidine groups is 1. The van der Waals surface area contributed by atoms with Gasteiger partial charge in [0.2, 0.25) is 0 Å². The van der Waals surface area contributed by atoms with Gasteiger partial charge in [-0.1, -0.05) is 18.2 Å². The first-order valence-corrected chi connectivity index (χ1v) is 10.2. The average molecular weight is 487 g/mol. The van der Waals surface area contributed by atoms with E-state index in [9.17, 15) is 0 Å². The van der Waals surface area contributed by atoms with Crippen LogP contribution in [0.2, 0.25) is 0 Å². The fraction of sp³-hybridized carbons (Fsp3) is 0.667. The predicted molar refractivity (Wildman–Crippen MR) is 121 cm³/mol. The van der Waals surface area contributed by atoms with Crippen LogP contribution in [0.1, 0.15) is 64.0 Å². The summed E-state index contributed by atoms with van der Waals surface area (Å²) in [6.07, 6.45) is 6.79. The van der Waals surface area contributed by atoms with E-state index >= 15 is 0 Å². The minimum Gasteiger partial charge on any atom is -0.487 e. The summed E-state index contributed by atoms with van der Waals surface area (Å²) >= 11 is 0. The van der Waals surface area contributed by atoms with E-state index in [-0.39, 0.29) is 35.6 Å². The predicted octanol–water partition coefficient (Wildman–Crippen LogP) is 4.42. The minimum atomic E-state index is -0.00168. The van der Waals surface area contributed by atoms with Crippen molar-refractivity contribution in [3.05, 3.63) is 29.8 Å². The monoisotopic (exact) mass is 487 g/mol. The Labute approximate surface area is 180 Å².